The van der Waals surface area contributed by atoms with E-state index in [-0.39, 0.29) is 22.0 Å². The number of nitrogens with one attached hydrogen (secondary N) is 2. The molecule has 0 unspecified atom stereocenters. The predicted octanol–water partition coefficient (Wildman–Crippen LogP) is 1.28. The molecule has 0 radical (unpaired) electrons. The molecule has 0 saturated heterocycles. The molecule has 0 saturated carbocycles. The monoisotopic (exact) mass is 278 g/mol. The zero-order valence-corrected chi connectivity index (χ0v) is 10.7. The first kappa shape index (κ1) is 11.8. The SMILES string of the molecule is CC(=O)C1=C(O)c2[nH]c3ccccc3c2S(=O)(=O)N1. The Labute approximate surface area is 108 Å². The Balaban J connectivity index is 2.47. The van der Waals surface area contributed by atoms with Crippen LogP contribution in [0.2, 0.25) is 0 Å². The first-order valence-electron chi connectivity index (χ1n) is 5.50. The van der Waals surface area contributed by atoms with Crippen molar-refractivity contribution in [1.29, 1.82) is 0 Å². The van der Waals surface area contributed by atoms with Crippen LogP contribution in [0.4, 0.5) is 0 Å². The van der Waals surface area contributed by atoms with Gasteiger partial charge >= 0.3 is 0 Å². The molecular formula is C12H10N2O4S. The number of sulfonamides is 1. The molecule has 2 heterocycles. The molecular weight excluding hydrogens is 268 g/mol. The lowest BCUT2D eigenvalue weighted by Crippen LogP contribution is -2.31. The minimum atomic E-state index is -3.87. The van der Waals surface area contributed by atoms with Crippen LogP contribution in [-0.4, -0.2) is 24.3 Å². The highest BCUT2D eigenvalue weighted by molar-refractivity contribution is 7.90. The summed E-state index contributed by atoms with van der Waals surface area (Å²) in [6.45, 7) is 1.18. The maximum absolute atomic E-state index is 12.2. The zero-order valence-electron chi connectivity index (χ0n) is 9.89. The topological polar surface area (TPSA) is 99.3 Å². The second-order valence-corrected chi connectivity index (χ2v) is 5.88. The fourth-order valence-electron chi connectivity index (χ4n) is 2.16. The van der Waals surface area contributed by atoms with E-state index in [1.807, 2.05) is 0 Å². The van der Waals surface area contributed by atoms with E-state index in [1.54, 1.807) is 24.3 Å². The maximum Gasteiger partial charge on any atom is 0.265 e. The molecule has 1 aromatic carbocycles. The number of carbonyl (C=O) groups is 1. The molecule has 0 amide bonds. The summed E-state index contributed by atoms with van der Waals surface area (Å²) in [7, 11) is -3.87. The number of Topliss-reactive ketones (excluding diaryl/α,β-unsaturated/α-hetero) is 1. The van der Waals surface area contributed by atoms with Crippen molar-refractivity contribution in [3.05, 3.63) is 35.7 Å². The highest BCUT2D eigenvalue weighted by atomic mass is 32.2. The van der Waals surface area contributed by atoms with Crippen LogP contribution in [-0.2, 0) is 14.8 Å². The zero-order chi connectivity index (χ0) is 13.8. The second kappa shape index (κ2) is 3.61. The third-order valence-corrected chi connectivity index (χ3v) is 4.42. The van der Waals surface area contributed by atoms with E-state index in [1.165, 1.54) is 6.92 Å². The Morgan fingerprint density at radius 1 is 1.26 bits per heavy atom. The van der Waals surface area contributed by atoms with Gasteiger partial charge in [0.1, 0.15) is 16.3 Å². The van der Waals surface area contributed by atoms with E-state index in [0.29, 0.717) is 10.9 Å². The first-order valence-corrected chi connectivity index (χ1v) is 6.98. The van der Waals surface area contributed by atoms with Crippen molar-refractivity contribution < 1.29 is 18.3 Å². The van der Waals surface area contributed by atoms with E-state index < -0.39 is 15.8 Å². The van der Waals surface area contributed by atoms with E-state index in [4.69, 9.17) is 0 Å². The lowest BCUT2D eigenvalue weighted by atomic mass is 10.2. The van der Waals surface area contributed by atoms with Gasteiger partial charge in [-0.25, -0.2) is 8.42 Å². The van der Waals surface area contributed by atoms with Crippen molar-refractivity contribution in [3.63, 3.8) is 0 Å². The minimum Gasteiger partial charge on any atom is -0.504 e. The van der Waals surface area contributed by atoms with Crippen LogP contribution < -0.4 is 4.72 Å². The number of fused-ring (bicyclic) bond motifs is 3. The third-order valence-electron chi connectivity index (χ3n) is 2.99. The molecule has 1 aromatic heterocycles. The molecule has 98 valence electrons. The molecule has 0 bridgehead atoms. The van der Waals surface area contributed by atoms with E-state index >= 15 is 0 Å². The van der Waals surface area contributed by atoms with Crippen molar-refractivity contribution in [2.45, 2.75) is 11.8 Å². The fourth-order valence-corrected chi connectivity index (χ4v) is 3.65. The number of hydrogen-bond donors (Lipinski definition) is 3. The summed E-state index contributed by atoms with van der Waals surface area (Å²) in [5.41, 5.74) is 0.304. The van der Waals surface area contributed by atoms with Gasteiger partial charge in [-0.15, -0.1) is 0 Å². The van der Waals surface area contributed by atoms with Crippen molar-refractivity contribution >= 4 is 32.5 Å². The van der Waals surface area contributed by atoms with Crippen LogP contribution in [0.1, 0.15) is 12.6 Å². The lowest BCUT2D eigenvalue weighted by molar-refractivity contribution is -0.113. The number of aliphatic hydroxyl groups is 1. The average molecular weight is 278 g/mol. The van der Waals surface area contributed by atoms with Gasteiger partial charge in [-0.05, 0) is 6.07 Å². The van der Waals surface area contributed by atoms with Crippen LogP contribution in [0.3, 0.4) is 0 Å². The highest BCUT2D eigenvalue weighted by Crippen LogP contribution is 2.34. The maximum atomic E-state index is 12.2. The molecule has 0 spiro atoms. The first-order chi connectivity index (χ1) is 8.92. The van der Waals surface area contributed by atoms with Crippen molar-refractivity contribution in [3.8, 4) is 0 Å². The Hall–Kier alpha value is -2.28. The number of carbonyl (C=O) groups excluding carboxylic acids is 1. The number of aliphatic hydroxyl groups excluding tert-OH is 1. The van der Waals surface area contributed by atoms with Crippen LogP contribution in [0.5, 0.6) is 0 Å². The summed E-state index contributed by atoms with van der Waals surface area (Å²) in [4.78, 5) is 14.2. The van der Waals surface area contributed by atoms with Gasteiger partial charge in [0, 0.05) is 17.8 Å². The molecule has 1 aliphatic heterocycles. The Bertz CT molecular complexity index is 846. The van der Waals surface area contributed by atoms with Gasteiger partial charge < -0.3 is 10.1 Å². The molecule has 6 nitrogen and oxygen atoms in total. The van der Waals surface area contributed by atoms with Gasteiger partial charge in [0.2, 0.25) is 0 Å². The summed E-state index contributed by atoms with van der Waals surface area (Å²) in [6.07, 6.45) is 0. The smallest absolute Gasteiger partial charge is 0.265 e. The van der Waals surface area contributed by atoms with E-state index in [2.05, 4.69) is 9.71 Å². The number of para-hydroxylation sites is 1. The Morgan fingerprint density at radius 2 is 1.95 bits per heavy atom. The fraction of sp³-hybridized carbons (Fsp3) is 0.0833. The normalized spacial score (nSPS) is 17.1. The molecule has 0 fully saturated rings. The molecule has 3 N–H and O–H groups in total. The largest absolute Gasteiger partial charge is 0.504 e. The number of H-pyrrole nitrogens is 1. The van der Waals surface area contributed by atoms with E-state index in [9.17, 15) is 18.3 Å². The van der Waals surface area contributed by atoms with Crippen LogP contribution in [0.25, 0.3) is 16.7 Å². The molecule has 0 atom stereocenters. The third kappa shape index (κ3) is 1.55. The van der Waals surface area contributed by atoms with Crippen molar-refractivity contribution in [1.82, 2.24) is 9.71 Å². The van der Waals surface area contributed by atoms with E-state index in [0.717, 1.165) is 0 Å². The number of hydrogen-bond acceptors (Lipinski definition) is 4. The summed E-state index contributed by atoms with van der Waals surface area (Å²) >= 11 is 0. The number of allylic oxidation sites excluding steroid dienone is 1. The van der Waals surface area contributed by atoms with Crippen LogP contribution in [0.15, 0.2) is 34.9 Å². The molecule has 1 aliphatic rings. The minimum absolute atomic E-state index is 0.0365. The number of aromatic nitrogens is 1. The number of benzene rings is 1. The molecule has 2 aromatic rings. The lowest BCUT2D eigenvalue weighted by Gasteiger charge is -2.17. The van der Waals surface area contributed by atoms with Gasteiger partial charge in [-0.2, -0.15) is 0 Å². The summed E-state index contributed by atoms with van der Waals surface area (Å²) in [5.74, 6) is -0.932. The molecule has 7 heteroatoms. The highest BCUT2D eigenvalue weighted by Gasteiger charge is 2.34. The Morgan fingerprint density at radius 3 is 2.63 bits per heavy atom. The van der Waals surface area contributed by atoms with Crippen molar-refractivity contribution in [2.24, 2.45) is 0 Å². The van der Waals surface area contributed by atoms with Gasteiger partial charge in [0.05, 0.1) is 0 Å². The molecule has 3 rings (SSSR count). The molecule has 0 aliphatic carbocycles. The second-order valence-electron chi connectivity index (χ2n) is 4.26. The molecule has 19 heavy (non-hydrogen) atoms. The summed E-state index contributed by atoms with van der Waals surface area (Å²) < 4.78 is 26.5. The quantitative estimate of drug-likeness (QED) is 0.731. The number of ketones is 1. The van der Waals surface area contributed by atoms with Gasteiger partial charge in [0.25, 0.3) is 10.0 Å². The summed E-state index contributed by atoms with van der Waals surface area (Å²) in [6, 6.07) is 6.78. The standard InChI is InChI=1S/C12H10N2O4S/c1-6(15)9-11(16)10-12(19(17,18)14-9)7-4-2-3-5-8(7)13-10/h2-5,13-14,16H,1H3. The van der Waals surface area contributed by atoms with Gasteiger partial charge in [0.15, 0.2) is 11.5 Å². The Kier molecular flexibility index (Phi) is 2.24. The van der Waals surface area contributed by atoms with Crippen LogP contribution >= 0.6 is 0 Å². The predicted molar refractivity (Wildman–Crippen MR) is 68.9 cm³/mol. The van der Waals surface area contributed by atoms with Gasteiger partial charge in [-0.3, -0.25) is 9.52 Å². The van der Waals surface area contributed by atoms with Crippen LogP contribution in [0, 0.1) is 0 Å². The van der Waals surface area contributed by atoms with Crippen molar-refractivity contribution in [2.75, 3.05) is 0 Å². The number of aromatic amines is 1. The number of rotatable bonds is 1. The summed E-state index contributed by atoms with van der Waals surface area (Å²) in [5, 5.41) is 10.5. The average Bonchev–Trinajstić information content (AvgIpc) is 2.74. The van der Waals surface area contributed by atoms with Gasteiger partial charge in [-0.1, -0.05) is 18.2 Å².